The molecule has 1 unspecified atom stereocenters. The van der Waals surface area contributed by atoms with E-state index >= 15 is 0 Å². The maximum absolute atomic E-state index is 10.9. The molecule has 0 aliphatic carbocycles. The molecule has 0 saturated carbocycles. The van der Waals surface area contributed by atoms with Gasteiger partial charge in [0, 0.05) is 29.7 Å². The number of hydrogen-bond acceptors (Lipinski definition) is 5. The van der Waals surface area contributed by atoms with Crippen LogP contribution >= 0.6 is 11.6 Å². The summed E-state index contributed by atoms with van der Waals surface area (Å²) in [5.41, 5.74) is 1.65. The first kappa shape index (κ1) is 17.2. The second-order valence-electron chi connectivity index (χ2n) is 5.19. The molecule has 2 rings (SSSR count). The molecule has 0 fully saturated rings. The van der Waals surface area contributed by atoms with E-state index in [9.17, 15) is 20.3 Å². The molecule has 0 aliphatic heterocycles. The Hall–Kier alpha value is -2.15. The van der Waals surface area contributed by atoms with Gasteiger partial charge in [0.05, 0.1) is 11.0 Å². The van der Waals surface area contributed by atoms with Crippen molar-refractivity contribution in [3.8, 4) is 5.75 Å². The van der Waals surface area contributed by atoms with Crippen molar-refractivity contribution in [1.29, 1.82) is 0 Å². The summed E-state index contributed by atoms with van der Waals surface area (Å²) in [5.74, 6) is -0.419. The van der Waals surface area contributed by atoms with Gasteiger partial charge < -0.3 is 15.5 Å². The van der Waals surface area contributed by atoms with Crippen molar-refractivity contribution in [1.82, 2.24) is 5.32 Å². The molecule has 122 valence electrons. The maximum Gasteiger partial charge on any atom is 0.312 e. The highest BCUT2D eigenvalue weighted by atomic mass is 35.5. The van der Waals surface area contributed by atoms with Crippen LogP contribution in [-0.2, 0) is 6.54 Å². The number of nitrogens with one attached hydrogen (secondary N) is 1. The minimum atomic E-state index is -0.715. The fraction of sp³-hybridized carbons (Fsp3) is 0.250. The number of aliphatic hydroxyl groups excluding tert-OH is 1. The topological polar surface area (TPSA) is 95.6 Å². The molecule has 0 bridgehead atoms. The Balaban J connectivity index is 2.04. The van der Waals surface area contributed by atoms with Crippen molar-refractivity contribution in [2.45, 2.75) is 19.6 Å². The number of phenols is 1. The fourth-order valence-corrected chi connectivity index (χ4v) is 2.56. The van der Waals surface area contributed by atoms with Crippen LogP contribution in [0, 0.1) is 17.0 Å². The number of nitro groups is 1. The highest BCUT2D eigenvalue weighted by Crippen LogP contribution is 2.33. The summed E-state index contributed by atoms with van der Waals surface area (Å²) in [5, 5.41) is 34.1. The Bertz CT molecular complexity index is 721. The highest BCUT2D eigenvalue weighted by molar-refractivity contribution is 6.31. The zero-order valence-corrected chi connectivity index (χ0v) is 13.2. The molecule has 1 atom stereocenters. The lowest BCUT2D eigenvalue weighted by Crippen LogP contribution is -2.21. The van der Waals surface area contributed by atoms with E-state index < -0.39 is 22.5 Å². The summed E-state index contributed by atoms with van der Waals surface area (Å²) in [6.45, 7) is 2.30. The molecule has 2 aromatic rings. The van der Waals surface area contributed by atoms with Gasteiger partial charge in [-0.2, -0.15) is 0 Å². The van der Waals surface area contributed by atoms with Gasteiger partial charge in [0.2, 0.25) is 0 Å². The van der Waals surface area contributed by atoms with E-state index in [0.717, 1.165) is 17.2 Å². The molecule has 23 heavy (non-hydrogen) atoms. The molecular weight excluding hydrogens is 320 g/mol. The van der Waals surface area contributed by atoms with Crippen molar-refractivity contribution in [3.63, 3.8) is 0 Å². The van der Waals surface area contributed by atoms with Crippen molar-refractivity contribution in [2.24, 2.45) is 0 Å². The first-order valence-corrected chi connectivity index (χ1v) is 7.38. The van der Waals surface area contributed by atoms with Gasteiger partial charge in [0.15, 0.2) is 5.75 Å². The third-order valence-electron chi connectivity index (χ3n) is 3.53. The monoisotopic (exact) mass is 336 g/mol. The Morgan fingerprint density at radius 3 is 2.70 bits per heavy atom. The number of rotatable bonds is 6. The van der Waals surface area contributed by atoms with Crippen LogP contribution in [0.4, 0.5) is 5.69 Å². The number of halogens is 1. The zero-order chi connectivity index (χ0) is 17.0. The molecule has 0 aliphatic rings. The average molecular weight is 337 g/mol. The number of aryl methyl sites for hydroxylation is 1. The van der Waals surface area contributed by atoms with Crippen LogP contribution in [-0.4, -0.2) is 21.7 Å². The van der Waals surface area contributed by atoms with Gasteiger partial charge in [-0.3, -0.25) is 10.1 Å². The van der Waals surface area contributed by atoms with Crippen LogP contribution in [0.5, 0.6) is 5.75 Å². The second kappa shape index (κ2) is 7.41. The van der Waals surface area contributed by atoms with E-state index in [2.05, 4.69) is 5.32 Å². The number of nitro benzene ring substituents is 1. The standard InChI is InChI=1S/C16H17ClN2O4/c1-10-4-2-3-5-13(10)15(20)9-18-8-11-6-12(17)7-14(16(11)21)19(22)23/h2-7,15,18,20-21H,8-9H2,1H3. The van der Waals surface area contributed by atoms with Gasteiger partial charge in [-0.15, -0.1) is 0 Å². The smallest absolute Gasteiger partial charge is 0.312 e. The Morgan fingerprint density at radius 1 is 1.35 bits per heavy atom. The van der Waals surface area contributed by atoms with Crippen molar-refractivity contribution in [2.75, 3.05) is 6.54 Å². The molecule has 0 aromatic heterocycles. The van der Waals surface area contributed by atoms with Crippen molar-refractivity contribution < 1.29 is 15.1 Å². The third-order valence-corrected chi connectivity index (χ3v) is 3.75. The fourth-order valence-electron chi connectivity index (χ4n) is 2.33. The van der Waals surface area contributed by atoms with Crippen LogP contribution < -0.4 is 5.32 Å². The van der Waals surface area contributed by atoms with Crippen molar-refractivity contribution >= 4 is 17.3 Å². The molecule has 7 heteroatoms. The summed E-state index contributed by atoms with van der Waals surface area (Å²) in [4.78, 5) is 10.2. The van der Waals surface area contributed by atoms with Gasteiger partial charge >= 0.3 is 5.69 Å². The maximum atomic E-state index is 10.9. The van der Waals surface area contributed by atoms with Gasteiger partial charge in [0.25, 0.3) is 0 Å². The molecular formula is C16H17ClN2O4. The molecule has 3 N–H and O–H groups in total. The number of benzene rings is 2. The predicted molar refractivity (Wildman–Crippen MR) is 87.6 cm³/mol. The summed E-state index contributed by atoms with van der Waals surface area (Å²) in [7, 11) is 0. The van der Waals surface area contributed by atoms with E-state index in [1.165, 1.54) is 6.07 Å². The lowest BCUT2D eigenvalue weighted by molar-refractivity contribution is -0.385. The summed E-state index contributed by atoms with van der Waals surface area (Å²) in [6.07, 6.45) is -0.715. The molecule has 6 nitrogen and oxygen atoms in total. The van der Waals surface area contributed by atoms with E-state index in [1.807, 2.05) is 31.2 Å². The van der Waals surface area contributed by atoms with E-state index in [1.54, 1.807) is 0 Å². The highest BCUT2D eigenvalue weighted by Gasteiger charge is 2.18. The first-order valence-electron chi connectivity index (χ1n) is 7.00. The number of phenolic OH excluding ortho intramolecular Hbond substituents is 1. The number of hydrogen-bond donors (Lipinski definition) is 3. The normalized spacial score (nSPS) is 12.1. The largest absolute Gasteiger partial charge is 0.502 e. The number of aliphatic hydroxyl groups is 1. The second-order valence-corrected chi connectivity index (χ2v) is 5.63. The van der Waals surface area contributed by atoms with E-state index in [4.69, 9.17) is 11.6 Å². The lowest BCUT2D eigenvalue weighted by Gasteiger charge is -2.15. The average Bonchev–Trinajstić information content (AvgIpc) is 2.50. The summed E-state index contributed by atoms with van der Waals surface area (Å²) >= 11 is 5.83. The minimum Gasteiger partial charge on any atom is -0.502 e. The summed E-state index contributed by atoms with van der Waals surface area (Å²) < 4.78 is 0. The van der Waals surface area contributed by atoms with Crippen LogP contribution in [0.25, 0.3) is 0 Å². The van der Waals surface area contributed by atoms with Gasteiger partial charge in [-0.25, -0.2) is 0 Å². The Labute approximate surface area is 138 Å². The van der Waals surface area contributed by atoms with Crippen LogP contribution in [0.2, 0.25) is 5.02 Å². The number of nitrogens with zero attached hydrogens (tertiary/aromatic N) is 1. The molecule has 2 aromatic carbocycles. The molecule has 0 heterocycles. The predicted octanol–water partition coefficient (Wildman–Crippen LogP) is 3.09. The van der Waals surface area contributed by atoms with E-state index in [-0.39, 0.29) is 18.1 Å². The summed E-state index contributed by atoms with van der Waals surface area (Å²) in [6, 6.07) is 10.0. The SMILES string of the molecule is Cc1ccccc1C(O)CNCc1cc(Cl)cc([N+](=O)[O-])c1O. The number of aromatic hydroxyl groups is 1. The molecule has 0 spiro atoms. The minimum absolute atomic E-state index is 0.149. The molecule has 0 radical (unpaired) electrons. The zero-order valence-electron chi connectivity index (χ0n) is 12.5. The third kappa shape index (κ3) is 4.19. The molecule has 0 saturated heterocycles. The quantitative estimate of drug-likeness (QED) is 0.556. The van der Waals surface area contributed by atoms with Crippen LogP contribution in [0.1, 0.15) is 22.8 Å². The Morgan fingerprint density at radius 2 is 2.04 bits per heavy atom. The van der Waals surface area contributed by atoms with Crippen molar-refractivity contribution in [3.05, 3.63) is 68.2 Å². The van der Waals surface area contributed by atoms with Gasteiger partial charge in [0.1, 0.15) is 0 Å². The Kier molecular flexibility index (Phi) is 5.54. The van der Waals surface area contributed by atoms with E-state index in [0.29, 0.717) is 5.56 Å². The van der Waals surface area contributed by atoms with Gasteiger partial charge in [-0.05, 0) is 24.1 Å². The van der Waals surface area contributed by atoms with Crippen LogP contribution in [0.15, 0.2) is 36.4 Å². The van der Waals surface area contributed by atoms with Gasteiger partial charge in [-0.1, -0.05) is 35.9 Å². The first-order chi connectivity index (χ1) is 10.9. The van der Waals surface area contributed by atoms with Crippen LogP contribution in [0.3, 0.4) is 0 Å². The molecule has 0 amide bonds. The lowest BCUT2D eigenvalue weighted by atomic mass is 10.0.